The molecule has 0 bridgehead atoms. The van der Waals surface area contributed by atoms with Gasteiger partial charge in [-0.1, -0.05) is 18.6 Å². The zero-order valence-corrected chi connectivity index (χ0v) is 12.5. The van der Waals surface area contributed by atoms with Crippen LogP contribution >= 0.6 is 0 Å². The highest BCUT2D eigenvalue weighted by Gasteiger charge is 2.43. The maximum Gasteiger partial charge on any atom is 0.227 e. The first kappa shape index (κ1) is 14.9. The van der Waals surface area contributed by atoms with E-state index in [0.29, 0.717) is 0 Å². The van der Waals surface area contributed by atoms with Crippen LogP contribution in [0.5, 0.6) is 5.75 Å². The van der Waals surface area contributed by atoms with Crippen molar-refractivity contribution < 1.29 is 9.53 Å². The van der Waals surface area contributed by atoms with E-state index in [9.17, 15) is 4.79 Å². The van der Waals surface area contributed by atoms with Crippen molar-refractivity contribution in [3.8, 4) is 5.75 Å². The third-order valence-electron chi connectivity index (χ3n) is 4.49. The minimum absolute atomic E-state index is 0.0417. The van der Waals surface area contributed by atoms with Crippen molar-refractivity contribution >= 4 is 5.91 Å². The highest BCUT2D eigenvalue weighted by Crippen LogP contribution is 2.37. The topological polar surface area (TPSA) is 64.3 Å². The van der Waals surface area contributed by atoms with E-state index < -0.39 is 5.41 Å². The zero-order chi connectivity index (χ0) is 14.8. The average Bonchev–Trinajstić information content (AvgIpc) is 2.80. The number of carbonyl (C=O) groups excluding carboxylic acids is 1. The molecule has 1 aliphatic carbocycles. The number of hydrogen-bond acceptors (Lipinski definition) is 3. The van der Waals surface area contributed by atoms with Gasteiger partial charge in [0, 0.05) is 6.04 Å². The largest absolute Gasteiger partial charge is 0.497 e. The number of methoxy groups -OCH3 is 1. The van der Waals surface area contributed by atoms with Crippen LogP contribution in [0.4, 0.5) is 0 Å². The molecule has 1 saturated carbocycles. The van der Waals surface area contributed by atoms with Crippen LogP contribution < -0.4 is 15.8 Å². The summed E-state index contributed by atoms with van der Waals surface area (Å²) >= 11 is 0. The molecule has 0 saturated heterocycles. The van der Waals surface area contributed by atoms with E-state index in [0.717, 1.165) is 30.6 Å². The first-order valence-electron chi connectivity index (χ1n) is 7.18. The molecule has 110 valence electrons. The molecule has 1 amide bonds. The Morgan fingerprint density at radius 3 is 2.90 bits per heavy atom. The minimum Gasteiger partial charge on any atom is -0.497 e. The second-order valence-electron chi connectivity index (χ2n) is 5.89. The fourth-order valence-electron chi connectivity index (χ4n) is 2.83. The van der Waals surface area contributed by atoms with Crippen LogP contribution in [0, 0.1) is 5.41 Å². The molecule has 4 heteroatoms. The molecule has 0 spiro atoms. The van der Waals surface area contributed by atoms with Crippen molar-refractivity contribution in [1.29, 1.82) is 0 Å². The van der Waals surface area contributed by atoms with E-state index >= 15 is 0 Å². The number of rotatable bonds is 4. The number of amides is 1. The summed E-state index contributed by atoms with van der Waals surface area (Å²) in [6.45, 7) is 3.95. The van der Waals surface area contributed by atoms with E-state index in [4.69, 9.17) is 10.5 Å². The standard InChI is InChI=1S/C16H24N2O2/c1-11(12-6-4-7-13(10-12)20-3)18-15(19)16(2)9-5-8-14(16)17/h4,6-7,10-11,14H,5,8-9,17H2,1-3H3,(H,18,19). The molecule has 0 heterocycles. The van der Waals surface area contributed by atoms with Gasteiger partial charge >= 0.3 is 0 Å². The van der Waals surface area contributed by atoms with Gasteiger partial charge in [-0.25, -0.2) is 0 Å². The summed E-state index contributed by atoms with van der Waals surface area (Å²) in [5.74, 6) is 0.852. The number of benzene rings is 1. The highest BCUT2D eigenvalue weighted by molar-refractivity contribution is 5.83. The van der Waals surface area contributed by atoms with Crippen LogP contribution in [0.25, 0.3) is 0 Å². The molecule has 0 aromatic heterocycles. The number of carbonyl (C=O) groups is 1. The lowest BCUT2D eigenvalue weighted by atomic mass is 9.84. The third-order valence-corrected chi connectivity index (χ3v) is 4.49. The van der Waals surface area contributed by atoms with Crippen molar-refractivity contribution in [2.75, 3.05) is 7.11 Å². The quantitative estimate of drug-likeness (QED) is 0.887. The van der Waals surface area contributed by atoms with Gasteiger partial charge in [-0.05, 0) is 44.4 Å². The second-order valence-corrected chi connectivity index (χ2v) is 5.89. The fourth-order valence-corrected chi connectivity index (χ4v) is 2.83. The Hall–Kier alpha value is -1.55. The summed E-state index contributed by atoms with van der Waals surface area (Å²) in [5.41, 5.74) is 6.69. The zero-order valence-electron chi connectivity index (χ0n) is 12.5. The van der Waals surface area contributed by atoms with Gasteiger partial charge in [0.15, 0.2) is 0 Å². The van der Waals surface area contributed by atoms with Gasteiger partial charge in [0.2, 0.25) is 5.91 Å². The Balaban J connectivity index is 2.07. The Labute approximate surface area is 120 Å². The number of nitrogens with one attached hydrogen (secondary N) is 1. The molecule has 3 N–H and O–H groups in total. The van der Waals surface area contributed by atoms with Crippen molar-refractivity contribution in [2.24, 2.45) is 11.1 Å². The number of nitrogens with two attached hydrogens (primary N) is 1. The van der Waals surface area contributed by atoms with Gasteiger partial charge in [-0.2, -0.15) is 0 Å². The summed E-state index contributed by atoms with van der Waals surface area (Å²) in [5, 5.41) is 3.09. The molecule has 1 aliphatic rings. The number of hydrogen-bond donors (Lipinski definition) is 2. The third kappa shape index (κ3) is 2.80. The van der Waals surface area contributed by atoms with Crippen molar-refractivity contribution in [3.63, 3.8) is 0 Å². The minimum atomic E-state index is -0.437. The van der Waals surface area contributed by atoms with Crippen molar-refractivity contribution in [3.05, 3.63) is 29.8 Å². The van der Waals surface area contributed by atoms with Crippen LogP contribution in [0.2, 0.25) is 0 Å². The molecule has 0 radical (unpaired) electrons. The average molecular weight is 276 g/mol. The Morgan fingerprint density at radius 2 is 2.30 bits per heavy atom. The maximum absolute atomic E-state index is 12.5. The summed E-state index contributed by atoms with van der Waals surface area (Å²) < 4.78 is 5.21. The van der Waals surface area contributed by atoms with Crippen molar-refractivity contribution in [1.82, 2.24) is 5.32 Å². The molecular formula is C16H24N2O2. The van der Waals surface area contributed by atoms with E-state index in [1.807, 2.05) is 38.1 Å². The molecule has 4 nitrogen and oxygen atoms in total. The normalized spacial score (nSPS) is 27.1. The smallest absolute Gasteiger partial charge is 0.227 e. The van der Waals surface area contributed by atoms with E-state index in [1.165, 1.54) is 0 Å². The summed E-state index contributed by atoms with van der Waals surface area (Å²) in [7, 11) is 1.64. The van der Waals surface area contributed by atoms with E-state index in [2.05, 4.69) is 5.32 Å². The van der Waals surface area contributed by atoms with Crippen LogP contribution in [0.1, 0.15) is 44.7 Å². The molecule has 3 atom stereocenters. The molecule has 2 rings (SSSR count). The van der Waals surface area contributed by atoms with E-state index in [1.54, 1.807) is 7.11 Å². The van der Waals surface area contributed by atoms with Gasteiger partial charge in [-0.15, -0.1) is 0 Å². The summed E-state index contributed by atoms with van der Waals surface area (Å²) in [4.78, 5) is 12.5. The molecule has 1 fully saturated rings. The molecule has 20 heavy (non-hydrogen) atoms. The van der Waals surface area contributed by atoms with Gasteiger partial charge in [0.05, 0.1) is 18.6 Å². The van der Waals surface area contributed by atoms with Crippen LogP contribution in [-0.2, 0) is 4.79 Å². The Bertz CT molecular complexity index is 489. The highest BCUT2D eigenvalue weighted by atomic mass is 16.5. The first-order chi connectivity index (χ1) is 9.47. The molecular weight excluding hydrogens is 252 g/mol. The fraction of sp³-hybridized carbons (Fsp3) is 0.562. The van der Waals surface area contributed by atoms with E-state index in [-0.39, 0.29) is 18.0 Å². The van der Waals surface area contributed by atoms with Crippen LogP contribution in [-0.4, -0.2) is 19.1 Å². The van der Waals surface area contributed by atoms with Crippen molar-refractivity contribution in [2.45, 2.75) is 45.2 Å². The molecule has 3 unspecified atom stereocenters. The lowest BCUT2D eigenvalue weighted by Crippen LogP contribution is -2.47. The first-order valence-corrected chi connectivity index (χ1v) is 7.18. The number of ether oxygens (including phenoxy) is 1. The monoisotopic (exact) mass is 276 g/mol. The summed E-state index contributed by atoms with van der Waals surface area (Å²) in [6, 6.07) is 7.67. The molecule has 1 aromatic rings. The van der Waals surface area contributed by atoms with Crippen LogP contribution in [0.3, 0.4) is 0 Å². The van der Waals surface area contributed by atoms with Gasteiger partial charge in [-0.3, -0.25) is 4.79 Å². The predicted molar refractivity (Wildman–Crippen MR) is 79.5 cm³/mol. The lowest BCUT2D eigenvalue weighted by Gasteiger charge is -2.29. The van der Waals surface area contributed by atoms with Gasteiger partial charge in [0.25, 0.3) is 0 Å². The molecule has 0 aliphatic heterocycles. The van der Waals surface area contributed by atoms with Gasteiger partial charge < -0.3 is 15.8 Å². The van der Waals surface area contributed by atoms with Crippen LogP contribution in [0.15, 0.2) is 24.3 Å². The second kappa shape index (κ2) is 5.83. The lowest BCUT2D eigenvalue weighted by molar-refractivity contribution is -0.131. The molecule has 1 aromatic carbocycles. The SMILES string of the molecule is COc1cccc(C(C)NC(=O)C2(C)CCCC2N)c1. The Kier molecular flexibility index (Phi) is 4.33. The Morgan fingerprint density at radius 1 is 1.55 bits per heavy atom. The predicted octanol–water partition coefficient (Wildman–Crippen LogP) is 2.39. The van der Waals surface area contributed by atoms with Gasteiger partial charge in [0.1, 0.15) is 5.75 Å². The summed E-state index contributed by atoms with van der Waals surface area (Å²) in [6.07, 6.45) is 2.82. The maximum atomic E-state index is 12.5.